The lowest BCUT2D eigenvalue weighted by Crippen LogP contribution is -2.38. The van der Waals surface area contributed by atoms with Crippen molar-refractivity contribution >= 4 is 11.8 Å². The topological polar surface area (TPSA) is 37.4 Å². The SMILES string of the molecule is CN1C(=O)CC(Cc2ccccc2)(c2ccccc2)C1=O. The smallest absolute Gasteiger partial charge is 0.240 e. The molecule has 106 valence electrons. The van der Waals surface area contributed by atoms with Crippen molar-refractivity contribution in [3.63, 3.8) is 0 Å². The molecule has 0 N–H and O–H groups in total. The van der Waals surface area contributed by atoms with Gasteiger partial charge in [0.15, 0.2) is 0 Å². The first-order valence-corrected chi connectivity index (χ1v) is 7.04. The van der Waals surface area contributed by atoms with E-state index in [1.54, 1.807) is 7.05 Å². The number of likely N-dealkylation sites (tertiary alicyclic amines) is 1. The molecule has 1 saturated heterocycles. The van der Waals surface area contributed by atoms with Crippen LogP contribution in [0, 0.1) is 0 Å². The number of carbonyl (C=O) groups is 2. The Bertz CT molecular complexity index is 666. The first-order chi connectivity index (χ1) is 10.1. The standard InChI is InChI=1S/C18H17NO2/c1-19-16(20)13-18(17(19)21,15-10-6-3-7-11-15)12-14-8-4-2-5-9-14/h2-11H,12-13H2,1H3. The normalized spacial score (nSPS) is 21.9. The van der Waals surface area contributed by atoms with Crippen LogP contribution in [0.25, 0.3) is 0 Å². The maximum Gasteiger partial charge on any atom is 0.240 e. The Labute approximate surface area is 124 Å². The van der Waals surface area contributed by atoms with Gasteiger partial charge in [0, 0.05) is 13.5 Å². The first kappa shape index (κ1) is 13.6. The molecule has 1 atom stereocenters. The van der Waals surface area contributed by atoms with Crippen molar-refractivity contribution in [2.24, 2.45) is 0 Å². The van der Waals surface area contributed by atoms with Crippen LogP contribution in [0.1, 0.15) is 17.5 Å². The van der Waals surface area contributed by atoms with Crippen LogP contribution < -0.4 is 0 Å². The van der Waals surface area contributed by atoms with Gasteiger partial charge in [-0.2, -0.15) is 0 Å². The summed E-state index contributed by atoms with van der Waals surface area (Å²) >= 11 is 0. The van der Waals surface area contributed by atoms with Crippen LogP contribution in [-0.4, -0.2) is 23.8 Å². The van der Waals surface area contributed by atoms with Crippen molar-refractivity contribution in [2.45, 2.75) is 18.3 Å². The highest BCUT2D eigenvalue weighted by molar-refractivity contribution is 6.09. The number of benzene rings is 2. The van der Waals surface area contributed by atoms with Crippen molar-refractivity contribution < 1.29 is 9.59 Å². The van der Waals surface area contributed by atoms with Gasteiger partial charge in [-0.05, 0) is 17.5 Å². The molecule has 1 aliphatic rings. The van der Waals surface area contributed by atoms with Gasteiger partial charge in [0.25, 0.3) is 0 Å². The van der Waals surface area contributed by atoms with E-state index in [9.17, 15) is 9.59 Å². The summed E-state index contributed by atoms with van der Waals surface area (Å²) in [6.45, 7) is 0. The van der Waals surface area contributed by atoms with Gasteiger partial charge < -0.3 is 0 Å². The van der Waals surface area contributed by atoms with Crippen molar-refractivity contribution in [1.82, 2.24) is 4.90 Å². The molecule has 3 rings (SSSR count). The van der Waals surface area contributed by atoms with E-state index in [1.165, 1.54) is 4.90 Å². The number of amides is 2. The Hall–Kier alpha value is -2.42. The lowest BCUT2D eigenvalue weighted by atomic mass is 9.74. The summed E-state index contributed by atoms with van der Waals surface area (Å²) < 4.78 is 0. The molecule has 0 bridgehead atoms. The number of carbonyl (C=O) groups excluding carboxylic acids is 2. The van der Waals surface area contributed by atoms with Crippen molar-refractivity contribution in [2.75, 3.05) is 7.05 Å². The number of hydrogen-bond donors (Lipinski definition) is 0. The summed E-state index contributed by atoms with van der Waals surface area (Å²) in [6.07, 6.45) is 0.786. The number of nitrogens with zero attached hydrogens (tertiary/aromatic N) is 1. The van der Waals surface area contributed by atoms with Crippen LogP contribution in [0.3, 0.4) is 0 Å². The Morgan fingerprint density at radius 3 is 2.05 bits per heavy atom. The molecule has 2 amide bonds. The number of imide groups is 1. The molecule has 1 aliphatic heterocycles. The summed E-state index contributed by atoms with van der Waals surface area (Å²) in [6, 6.07) is 19.5. The molecule has 3 heteroatoms. The maximum absolute atomic E-state index is 12.7. The predicted octanol–water partition coefficient (Wildman–Crippen LogP) is 2.56. The van der Waals surface area contributed by atoms with E-state index in [2.05, 4.69) is 0 Å². The number of hydrogen-bond acceptors (Lipinski definition) is 2. The highest BCUT2D eigenvalue weighted by Crippen LogP contribution is 2.39. The molecule has 0 aliphatic carbocycles. The van der Waals surface area contributed by atoms with Crippen molar-refractivity contribution in [1.29, 1.82) is 0 Å². The van der Waals surface area contributed by atoms with Crippen molar-refractivity contribution in [3.8, 4) is 0 Å². The predicted molar refractivity (Wildman–Crippen MR) is 80.7 cm³/mol. The van der Waals surface area contributed by atoms with Crippen LogP contribution in [0.4, 0.5) is 0 Å². The molecule has 1 heterocycles. The Morgan fingerprint density at radius 2 is 1.52 bits per heavy atom. The fraction of sp³-hybridized carbons (Fsp3) is 0.222. The van der Waals surface area contributed by atoms with Gasteiger partial charge in [0.05, 0.1) is 5.41 Å². The van der Waals surface area contributed by atoms with Crippen molar-refractivity contribution in [3.05, 3.63) is 71.8 Å². The molecule has 3 nitrogen and oxygen atoms in total. The zero-order valence-corrected chi connectivity index (χ0v) is 12.0. The molecule has 0 radical (unpaired) electrons. The minimum absolute atomic E-state index is 0.109. The molecule has 0 saturated carbocycles. The summed E-state index contributed by atoms with van der Waals surface area (Å²) in [4.78, 5) is 26.1. The molecule has 2 aromatic rings. The Morgan fingerprint density at radius 1 is 0.952 bits per heavy atom. The van der Waals surface area contributed by atoms with Gasteiger partial charge in [0.1, 0.15) is 0 Å². The van der Waals surface area contributed by atoms with E-state index in [4.69, 9.17) is 0 Å². The second-order valence-corrected chi connectivity index (χ2v) is 5.55. The second kappa shape index (κ2) is 5.17. The first-order valence-electron chi connectivity index (χ1n) is 7.04. The molecule has 0 spiro atoms. The van der Waals surface area contributed by atoms with Gasteiger partial charge in [-0.15, -0.1) is 0 Å². The monoisotopic (exact) mass is 279 g/mol. The minimum atomic E-state index is -0.769. The largest absolute Gasteiger partial charge is 0.285 e. The van der Waals surface area contributed by atoms with Crippen LogP contribution >= 0.6 is 0 Å². The fourth-order valence-electron chi connectivity index (χ4n) is 3.05. The average molecular weight is 279 g/mol. The highest BCUT2D eigenvalue weighted by Gasteiger charge is 2.51. The summed E-state index contributed by atoms with van der Waals surface area (Å²) in [5, 5.41) is 0. The van der Waals surface area contributed by atoms with Gasteiger partial charge in [-0.25, -0.2) is 0 Å². The van der Waals surface area contributed by atoms with E-state index in [0.29, 0.717) is 6.42 Å². The quantitative estimate of drug-likeness (QED) is 0.810. The average Bonchev–Trinajstić information content (AvgIpc) is 2.74. The van der Waals surface area contributed by atoms with E-state index < -0.39 is 5.41 Å². The molecule has 1 fully saturated rings. The molecule has 21 heavy (non-hydrogen) atoms. The maximum atomic E-state index is 12.7. The zero-order valence-electron chi connectivity index (χ0n) is 12.0. The molecule has 1 unspecified atom stereocenters. The van der Waals surface area contributed by atoms with Crippen LogP contribution in [-0.2, 0) is 21.4 Å². The van der Waals surface area contributed by atoms with Gasteiger partial charge >= 0.3 is 0 Å². The third-order valence-corrected chi connectivity index (χ3v) is 4.22. The third kappa shape index (κ3) is 2.25. The molecular weight excluding hydrogens is 262 g/mol. The molecular formula is C18H17NO2. The summed E-state index contributed by atoms with van der Waals surface area (Å²) in [5.41, 5.74) is 1.21. The van der Waals surface area contributed by atoms with Crippen LogP contribution in [0.2, 0.25) is 0 Å². The van der Waals surface area contributed by atoms with Gasteiger partial charge in [-0.3, -0.25) is 14.5 Å². The Balaban J connectivity index is 2.08. The lowest BCUT2D eigenvalue weighted by Gasteiger charge is -2.27. The van der Waals surface area contributed by atoms with E-state index in [1.807, 2.05) is 60.7 Å². The number of likely N-dealkylation sites (N-methyl/N-ethyl adjacent to an activating group) is 1. The highest BCUT2D eigenvalue weighted by atomic mass is 16.2. The lowest BCUT2D eigenvalue weighted by molar-refractivity contribution is -0.138. The van der Waals surface area contributed by atoms with Crippen LogP contribution in [0.15, 0.2) is 60.7 Å². The zero-order chi connectivity index (χ0) is 14.9. The van der Waals surface area contributed by atoms with Crippen LogP contribution in [0.5, 0.6) is 0 Å². The van der Waals surface area contributed by atoms with Gasteiger partial charge in [-0.1, -0.05) is 60.7 Å². The van der Waals surface area contributed by atoms with Gasteiger partial charge in [0.2, 0.25) is 11.8 Å². The van der Waals surface area contributed by atoms with E-state index in [0.717, 1.165) is 11.1 Å². The summed E-state index contributed by atoms with van der Waals surface area (Å²) in [7, 11) is 1.57. The molecule has 0 aromatic heterocycles. The summed E-state index contributed by atoms with van der Waals surface area (Å²) in [5.74, 6) is -0.220. The van der Waals surface area contributed by atoms with E-state index in [-0.39, 0.29) is 18.2 Å². The molecule has 2 aromatic carbocycles. The Kier molecular flexibility index (Phi) is 3.34. The minimum Gasteiger partial charge on any atom is -0.285 e. The second-order valence-electron chi connectivity index (χ2n) is 5.55. The fourth-order valence-corrected chi connectivity index (χ4v) is 3.05. The third-order valence-electron chi connectivity index (χ3n) is 4.22. The van der Waals surface area contributed by atoms with E-state index >= 15 is 0 Å². The number of rotatable bonds is 3.